The van der Waals surface area contributed by atoms with Crippen molar-refractivity contribution < 1.29 is 17.9 Å². The number of hydrogen-bond donors (Lipinski definition) is 0. The molecule has 116 valence electrons. The lowest BCUT2D eigenvalue weighted by atomic mass is 10.1. The van der Waals surface area contributed by atoms with Gasteiger partial charge in [0.2, 0.25) is 0 Å². The maximum absolute atomic E-state index is 12.4. The third kappa shape index (κ3) is 4.54. The first-order valence-electron chi connectivity index (χ1n) is 6.96. The van der Waals surface area contributed by atoms with Crippen molar-refractivity contribution in [2.75, 3.05) is 19.3 Å². The van der Waals surface area contributed by atoms with Crippen LogP contribution in [0.1, 0.15) is 29.8 Å². The van der Waals surface area contributed by atoms with E-state index in [2.05, 4.69) is 0 Å². The van der Waals surface area contributed by atoms with Crippen molar-refractivity contribution >= 4 is 15.7 Å². The van der Waals surface area contributed by atoms with Crippen LogP contribution in [0.3, 0.4) is 0 Å². The third-order valence-electron chi connectivity index (χ3n) is 3.34. The maximum Gasteiger partial charge on any atom is 0.254 e. The molecule has 0 aliphatic carbocycles. The number of ether oxygens (including phenoxy) is 1. The first-order valence-corrected chi connectivity index (χ1v) is 9.02. The van der Waals surface area contributed by atoms with Crippen molar-refractivity contribution in [2.24, 2.45) is 0 Å². The van der Waals surface area contributed by atoms with E-state index in [1.807, 2.05) is 13.8 Å². The summed E-state index contributed by atoms with van der Waals surface area (Å²) in [5, 5.41) is 0. The van der Waals surface area contributed by atoms with E-state index in [-0.39, 0.29) is 23.9 Å². The number of carbonyl (C=O) groups is 1. The van der Waals surface area contributed by atoms with Crippen LogP contribution < -0.4 is 0 Å². The first-order chi connectivity index (χ1) is 9.74. The average molecular weight is 311 g/mol. The Labute approximate surface area is 125 Å². The second-order valence-corrected chi connectivity index (χ2v) is 7.87. The Hall–Kier alpha value is -1.40. The Morgan fingerprint density at radius 3 is 2.19 bits per heavy atom. The molecule has 0 N–H and O–H groups in total. The van der Waals surface area contributed by atoms with Gasteiger partial charge in [-0.2, -0.15) is 0 Å². The number of carbonyl (C=O) groups excluding carboxylic acids is 1. The SMILES string of the molecule is C[C@@H]1CN(C(=O)c2ccc(CS(C)(=O)=O)cc2)C[C@H](C)O1. The molecular formula is C15H21NO4S. The van der Waals surface area contributed by atoms with Crippen molar-refractivity contribution in [1.29, 1.82) is 0 Å². The second kappa shape index (κ2) is 6.15. The number of nitrogens with zero attached hydrogens (tertiary/aromatic N) is 1. The third-order valence-corrected chi connectivity index (χ3v) is 4.19. The number of rotatable bonds is 3. The predicted octanol–water partition coefficient (Wildman–Crippen LogP) is 1.48. The van der Waals surface area contributed by atoms with E-state index >= 15 is 0 Å². The highest BCUT2D eigenvalue weighted by Crippen LogP contribution is 2.15. The van der Waals surface area contributed by atoms with E-state index in [9.17, 15) is 13.2 Å². The summed E-state index contributed by atoms with van der Waals surface area (Å²) in [5.41, 5.74) is 1.27. The van der Waals surface area contributed by atoms with Gasteiger partial charge < -0.3 is 9.64 Å². The lowest BCUT2D eigenvalue weighted by Crippen LogP contribution is -2.48. The average Bonchev–Trinajstić information content (AvgIpc) is 2.35. The molecule has 1 aliphatic heterocycles. The van der Waals surface area contributed by atoms with Crippen LogP contribution in [0.2, 0.25) is 0 Å². The summed E-state index contributed by atoms with van der Waals surface area (Å²) in [4.78, 5) is 14.2. The highest BCUT2D eigenvalue weighted by molar-refractivity contribution is 7.89. The minimum atomic E-state index is -3.06. The predicted molar refractivity (Wildman–Crippen MR) is 80.9 cm³/mol. The van der Waals surface area contributed by atoms with Crippen molar-refractivity contribution in [2.45, 2.75) is 31.8 Å². The Morgan fingerprint density at radius 2 is 1.71 bits per heavy atom. The fourth-order valence-electron chi connectivity index (χ4n) is 2.57. The van der Waals surface area contributed by atoms with Crippen molar-refractivity contribution in [3.8, 4) is 0 Å². The van der Waals surface area contributed by atoms with Gasteiger partial charge in [-0.3, -0.25) is 4.79 Å². The van der Waals surface area contributed by atoms with Crippen molar-refractivity contribution in [1.82, 2.24) is 4.90 Å². The zero-order valence-corrected chi connectivity index (χ0v) is 13.4. The van der Waals surface area contributed by atoms with E-state index in [1.54, 1.807) is 29.2 Å². The van der Waals surface area contributed by atoms with E-state index in [0.29, 0.717) is 24.2 Å². The van der Waals surface area contributed by atoms with Gasteiger partial charge in [0.05, 0.1) is 18.0 Å². The van der Waals surface area contributed by atoms with E-state index in [0.717, 1.165) is 0 Å². The van der Waals surface area contributed by atoms with Crippen molar-refractivity contribution in [3.63, 3.8) is 0 Å². The highest BCUT2D eigenvalue weighted by Gasteiger charge is 2.26. The Morgan fingerprint density at radius 1 is 1.19 bits per heavy atom. The molecule has 0 radical (unpaired) electrons. The molecule has 0 aromatic heterocycles. The van der Waals surface area contributed by atoms with Crippen LogP contribution in [-0.4, -0.2) is 50.8 Å². The summed E-state index contributed by atoms with van der Waals surface area (Å²) in [6.45, 7) is 5.05. The summed E-state index contributed by atoms with van der Waals surface area (Å²) in [7, 11) is -3.06. The van der Waals surface area contributed by atoms with Gasteiger partial charge in [0.1, 0.15) is 0 Å². The Bertz CT molecular complexity index is 599. The molecule has 1 fully saturated rings. The minimum absolute atomic E-state index is 0.00685. The molecule has 1 aromatic carbocycles. The summed E-state index contributed by atoms with van der Waals surface area (Å²) >= 11 is 0. The van der Waals surface area contributed by atoms with E-state index in [4.69, 9.17) is 4.74 Å². The maximum atomic E-state index is 12.4. The Balaban J connectivity index is 2.09. The van der Waals surface area contributed by atoms with E-state index < -0.39 is 9.84 Å². The van der Waals surface area contributed by atoms with Crippen LogP contribution in [0.25, 0.3) is 0 Å². The lowest BCUT2D eigenvalue weighted by molar-refractivity contribution is -0.0586. The van der Waals surface area contributed by atoms with Gasteiger partial charge in [-0.25, -0.2) is 8.42 Å². The lowest BCUT2D eigenvalue weighted by Gasteiger charge is -2.35. The van der Waals surface area contributed by atoms with Gasteiger partial charge in [0.25, 0.3) is 5.91 Å². The van der Waals surface area contributed by atoms with E-state index in [1.165, 1.54) is 6.26 Å². The second-order valence-electron chi connectivity index (χ2n) is 5.73. The molecule has 2 atom stereocenters. The molecule has 5 nitrogen and oxygen atoms in total. The number of amides is 1. The van der Waals surface area contributed by atoms with Gasteiger partial charge in [-0.05, 0) is 31.5 Å². The zero-order chi connectivity index (χ0) is 15.6. The van der Waals surface area contributed by atoms with Gasteiger partial charge >= 0.3 is 0 Å². The normalized spacial score (nSPS) is 23.1. The summed E-state index contributed by atoms with van der Waals surface area (Å²) in [6.07, 6.45) is 1.26. The summed E-state index contributed by atoms with van der Waals surface area (Å²) in [6, 6.07) is 6.77. The molecule has 0 unspecified atom stereocenters. The quantitative estimate of drug-likeness (QED) is 0.848. The fraction of sp³-hybridized carbons (Fsp3) is 0.533. The molecule has 21 heavy (non-hydrogen) atoms. The molecule has 1 aromatic rings. The van der Waals surface area contributed by atoms with Crippen molar-refractivity contribution in [3.05, 3.63) is 35.4 Å². The van der Waals surface area contributed by atoms with Crippen LogP contribution in [-0.2, 0) is 20.3 Å². The van der Waals surface area contributed by atoms with Crippen LogP contribution >= 0.6 is 0 Å². The number of sulfone groups is 1. The molecule has 1 heterocycles. The highest BCUT2D eigenvalue weighted by atomic mass is 32.2. The van der Waals surface area contributed by atoms with Gasteiger partial charge in [0, 0.05) is 24.9 Å². The standard InChI is InChI=1S/C15H21NO4S/c1-11-8-16(9-12(2)20-11)15(17)14-6-4-13(5-7-14)10-21(3,18)19/h4-7,11-12H,8-10H2,1-3H3/t11-,12+. The molecule has 2 rings (SSSR count). The largest absolute Gasteiger partial charge is 0.372 e. The molecule has 6 heteroatoms. The van der Waals surface area contributed by atoms with Crippen LogP contribution in [0.5, 0.6) is 0 Å². The molecule has 0 bridgehead atoms. The monoisotopic (exact) mass is 311 g/mol. The van der Waals surface area contributed by atoms with Crippen LogP contribution in [0, 0.1) is 0 Å². The van der Waals surface area contributed by atoms with Gasteiger partial charge in [0.15, 0.2) is 9.84 Å². The molecular weight excluding hydrogens is 290 g/mol. The summed E-state index contributed by atoms with van der Waals surface area (Å²) in [5.74, 6) is -0.0458. The number of hydrogen-bond acceptors (Lipinski definition) is 4. The molecule has 0 saturated carbocycles. The Kier molecular flexibility index (Phi) is 4.68. The fourth-order valence-corrected chi connectivity index (χ4v) is 3.37. The molecule has 1 saturated heterocycles. The first kappa shape index (κ1) is 16.0. The number of morpholine rings is 1. The number of benzene rings is 1. The molecule has 1 aliphatic rings. The van der Waals surface area contributed by atoms with Gasteiger partial charge in [-0.1, -0.05) is 12.1 Å². The minimum Gasteiger partial charge on any atom is -0.372 e. The van der Waals surface area contributed by atoms with Gasteiger partial charge in [-0.15, -0.1) is 0 Å². The zero-order valence-electron chi connectivity index (χ0n) is 12.6. The summed E-state index contributed by atoms with van der Waals surface area (Å²) < 4.78 is 28.1. The smallest absolute Gasteiger partial charge is 0.254 e. The van der Waals surface area contributed by atoms with Crippen LogP contribution in [0.15, 0.2) is 24.3 Å². The topological polar surface area (TPSA) is 63.7 Å². The van der Waals surface area contributed by atoms with Crippen LogP contribution in [0.4, 0.5) is 0 Å². The molecule has 0 spiro atoms. The molecule has 1 amide bonds.